The molecule has 1 fully saturated rings. The van der Waals surface area contributed by atoms with Crippen molar-refractivity contribution in [2.45, 2.75) is 223 Å². The fraction of sp³-hybridized carbons (Fsp3) is 0.781. The van der Waals surface area contributed by atoms with E-state index in [1.54, 1.807) is 60.6 Å². The smallest absolute Gasteiger partial charge is 0.438 e. The van der Waals surface area contributed by atoms with E-state index < -0.39 is 162 Å². The Hall–Kier alpha value is -6.82. The van der Waals surface area contributed by atoms with E-state index in [1.807, 2.05) is 55.4 Å². The number of methoxy groups -OCH3 is 1. The van der Waals surface area contributed by atoms with Crippen LogP contribution in [0.3, 0.4) is 0 Å². The summed E-state index contributed by atoms with van der Waals surface area (Å²) >= 11 is 0. The van der Waals surface area contributed by atoms with Gasteiger partial charge >= 0.3 is 6.16 Å². The van der Waals surface area contributed by atoms with Crippen molar-refractivity contribution in [2.24, 2.45) is 41.4 Å². The predicted octanol–water partition coefficient (Wildman–Crippen LogP) is 4.06. The summed E-state index contributed by atoms with van der Waals surface area (Å²) in [5, 5.41) is 11.0. The Morgan fingerprint density at radius 2 is 0.921 bits per heavy atom. The summed E-state index contributed by atoms with van der Waals surface area (Å²) in [5.41, 5.74) is 0. The average Bonchev–Trinajstić information content (AvgIpc) is 2.57. The van der Waals surface area contributed by atoms with Crippen molar-refractivity contribution in [2.75, 3.05) is 63.0 Å². The SMILES string of the molecule is C/C=C/C[C@@H](C)C(OC(=O)OC)C1C(=O)NC(CC)C(=O)N(C)CC(=O)N(C)[C@@H](CC(C)C)C(=O)NC(C(C)C)C(=O)N(C)[C@H](CC(C)C)C(=O)NC(C)C(=O)NC(C)C(=O)N(C)C(CC(C)C)C(=O)N(C)C(CC(C)C)C(=O)N(C)[C@H](C(C)C)C(=O)N1C. The summed E-state index contributed by atoms with van der Waals surface area (Å²) < 4.78 is 10.8. The molecule has 8 unspecified atom stereocenters. The van der Waals surface area contributed by atoms with Crippen molar-refractivity contribution in [1.29, 1.82) is 0 Å². The molecule has 0 aliphatic carbocycles. The number of nitrogens with zero attached hydrogens (tertiary/aromatic N) is 7. The molecule has 0 spiro atoms. The maximum Gasteiger partial charge on any atom is 0.508 e. The van der Waals surface area contributed by atoms with Crippen molar-refractivity contribution in [1.82, 2.24) is 55.6 Å². The Morgan fingerprint density at radius 3 is 1.37 bits per heavy atom. The maximum atomic E-state index is 15.4. The van der Waals surface area contributed by atoms with Crippen LogP contribution in [-0.4, -0.2) is 235 Å². The molecule has 0 radical (unpaired) electrons. The molecule has 1 saturated heterocycles. The summed E-state index contributed by atoms with van der Waals surface area (Å²) in [7, 11) is 10.9. The number of likely N-dealkylation sites (N-methyl/N-ethyl adjacent to an activating group) is 7. The summed E-state index contributed by atoms with van der Waals surface area (Å²) in [6.07, 6.45) is 1.69. The van der Waals surface area contributed by atoms with Gasteiger partial charge in [0.05, 0.1) is 13.7 Å². The number of hydrogen-bond donors (Lipinski definition) is 4. The van der Waals surface area contributed by atoms with Gasteiger partial charge in [-0.05, 0) is 101 Å². The highest BCUT2D eigenvalue weighted by atomic mass is 16.7. The third-order valence-electron chi connectivity index (χ3n) is 16.4. The summed E-state index contributed by atoms with van der Waals surface area (Å²) in [6.45, 7) is 29.1. The van der Waals surface area contributed by atoms with Crippen molar-refractivity contribution in [3.05, 3.63) is 12.2 Å². The van der Waals surface area contributed by atoms with E-state index in [2.05, 4.69) is 21.3 Å². The number of ether oxygens (including phenoxy) is 2. The van der Waals surface area contributed by atoms with Gasteiger partial charge in [-0.15, -0.1) is 0 Å². The molecule has 25 heteroatoms. The molecule has 1 aliphatic rings. The van der Waals surface area contributed by atoms with Gasteiger partial charge in [0.25, 0.3) is 0 Å². The second-order valence-corrected chi connectivity index (χ2v) is 26.6. The van der Waals surface area contributed by atoms with E-state index in [0.717, 1.165) is 16.9 Å². The molecule has 0 aromatic carbocycles. The fourth-order valence-electron chi connectivity index (χ4n) is 11.0. The Balaban J connectivity index is 4.46. The highest BCUT2D eigenvalue weighted by molar-refractivity contribution is 5.99. The summed E-state index contributed by atoms with van der Waals surface area (Å²) in [6, 6.07) is -12.7. The second-order valence-electron chi connectivity index (χ2n) is 26.6. The van der Waals surface area contributed by atoms with Gasteiger partial charge in [0.1, 0.15) is 66.5 Å². The van der Waals surface area contributed by atoms with Gasteiger partial charge in [-0.1, -0.05) is 109 Å². The lowest BCUT2D eigenvalue weighted by molar-refractivity contribution is -0.158. The molecule has 1 heterocycles. The Labute approximate surface area is 531 Å². The molecule has 4 N–H and O–H groups in total. The zero-order valence-electron chi connectivity index (χ0n) is 58.3. The minimum absolute atomic E-state index is 0.0263. The number of amides is 11. The highest BCUT2D eigenvalue weighted by Crippen LogP contribution is 2.27. The molecule has 0 bridgehead atoms. The van der Waals surface area contributed by atoms with E-state index in [4.69, 9.17) is 9.47 Å². The maximum absolute atomic E-state index is 15.4. The van der Waals surface area contributed by atoms with E-state index in [0.29, 0.717) is 0 Å². The number of carbonyl (C=O) groups is 12. The number of hydrogen-bond acceptors (Lipinski definition) is 14. The third kappa shape index (κ3) is 22.9. The summed E-state index contributed by atoms with van der Waals surface area (Å²) in [5.74, 6) is -10.2. The summed E-state index contributed by atoms with van der Waals surface area (Å²) in [4.78, 5) is 183. The van der Waals surface area contributed by atoms with Crippen LogP contribution in [0.4, 0.5) is 4.79 Å². The molecular weight excluding hydrogens is 1150 g/mol. The van der Waals surface area contributed by atoms with Crippen LogP contribution in [0.5, 0.6) is 0 Å². The lowest BCUT2D eigenvalue weighted by Gasteiger charge is -2.42. The van der Waals surface area contributed by atoms with Crippen molar-refractivity contribution < 1.29 is 67.0 Å². The minimum atomic E-state index is -1.68. The molecule has 508 valence electrons. The number of nitrogens with one attached hydrogen (secondary N) is 4. The van der Waals surface area contributed by atoms with Crippen LogP contribution in [0, 0.1) is 41.4 Å². The average molecular weight is 1260 g/mol. The van der Waals surface area contributed by atoms with E-state index in [1.165, 1.54) is 87.7 Å². The van der Waals surface area contributed by atoms with Gasteiger partial charge in [-0.3, -0.25) is 52.7 Å². The normalized spacial score (nSPS) is 26.1. The molecule has 25 nitrogen and oxygen atoms in total. The van der Waals surface area contributed by atoms with Crippen molar-refractivity contribution in [3.63, 3.8) is 0 Å². The third-order valence-corrected chi connectivity index (χ3v) is 16.4. The number of rotatable bonds is 16. The first kappa shape index (κ1) is 80.2. The topological polar surface area (TPSA) is 294 Å². The van der Waals surface area contributed by atoms with E-state index in [-0.39, 0.29) is 62.2 Å². The molecule has 0 aromatic heterocycles. The lowest BCUT2D eigenvalue weighted by atomic mass is 9.91. The molecule has 11 amide bonds. The van der Waals surface area contributed by atoms with Crippen LogP contribution in [0.1, 0.15) is 156 Å². The van der Waals surface area contributed by atoms with Crippen LogP contribution in [-0.2, 0) is 62.2 Å². The van der Waals surface area contributed by atoms with Gasteiger partial charge in [-0.2, -0.15) is 0 Å². The monoisotopic (exact) mass is 1260 g/mol. The van der Waals surface area contributed by atoms with Gasteiger partial charge in [-0.25, -0.2) is 4.79 Å². The van der Waals surface area contributed by atoms with Crippen molar-refractivity contribution >= 4 is 71.1 Å². The first-order valence-electron chi connectivity index (χ1n) is 31.6. The first-order chi connectivity index (χ1) is 41.1. The molecular formula is C64H113N11O14. The number of carbonyl (C=O) groups excluding carboxylic acids is 12. The van der Waals surface area contributed by atoms with E-state index in [9.17, 15) is 38.4 Å². The van der Waals surface area contributed by atoms with Crippen LogP contribution < -0.4 is 21.3 Å². The molecule has 89 heavy (non-hydrogen) atoms. The Bertz CT molecular complexity index is 2470. The van der Waals surface area contributed by atoms with Gasteiger partial charge < -0.3 is 65.0 Å². The van der Waals surface area contributed by atoms with Crippen molar-refractivity contribution in [3.8, 4) is 0 Å². The van der Waals surface area contributed by atoms with Gasteiger partial charge in [0, 0.05) is 49.3 Å². The van der Waals surface area contributed by atoms with Crippen LogP contribution in [0.25, 0.3) is 0 Å². The predicted molar refractivity (Wildman–Crippen MR) is 340 cm³/mol. The van der Waals surface area contributed by atoms with E-state index >= 15 is 19.2 Å². The Morgan fingerprint density at radius 1 is 0.494 bits per heavy atom. The highest BCUT2D eigenvalue weighted by Gasteiger charge is 2.47. The first-order valence-corrected chi connectivity index (χ1v) is 31.6. The fourth-order valence-corrected chi connectivity index (χ4v) is 11.0. The zero-order valence-corrected chi connectivity index (χ0v) is 58.3. The van der Waals surface area contributed by atoms with Crippen LogP contribution in [0.15, 0.2) is 12.2 Å². The molecule has 12 atom stereocenters. The largest absolute Gasteiger partial charge is 0.508 e. The Kier molecular flexibility index (Phi) is 33.1. The van der Waals surface area contributed by atoms with Gasteiger partial charge in [0.15, 0.2) is 0 Å². The zero-order chi connectivity index (χ0) is 69.0. The second kappa shape index (κ2) is 36.7. The van der Waals surface area contributed by atoms with Gasteiger partial charge in [0.2, 0.25) is 65.0 Å². The molecule has 1 rings (SSSR count). The molecule has 1 aliphatic heterocycles. The number of allylic oxidation sites excluding steroid dienone is 2. The molecule has 0 saturated carbocycles. The molecule has 0 aromatic rings. The van der Waals surface area contributed by atoms with Crippen LogP contribution >= 0.6 is 0 Å². The quantitative estimate of drug-likeness (QED) is 0.125. The minimum Gasteiger partial charge on any atom is -0.438 e. The standard InChI is InChI=1S/C64H113N11O14/c1-26-28-29-41(15)53(89-64(87)88-25)52-57(80)67-44(27-2)59(82)69(18)34-49(76)70(19)45(30-35(3)4)56(79)68-50(39(11)12)62(85)71(20)46(31-36(5)6)55(78)65-42(16)54(77)66-43(17)58(81)72(21)47(32-37(7)8)60(83)73(22)48(33-38(9)10)61(84)74(23)51(40(13)14)63(86)75(52)24/h26,28,35-48,50-53H,27,29-34H2,1-25H3,(H,65,78)(H,66,77)(H,67,80)(H,68,79)/b28-26+/t41-,42?,43?,44?,45+,46-,47?,48?,50?,51-,52?,53?/m1/s1. The lowest BCUT2D eigenvalue weighted by Crippen LogP contribution is -2.64. The van der Waals surface area contributed by atoms with Crippen LogP contribution in [0.2, 0.25) is 0 Å².